The number of nitrogens with one attached hydrogen (secondary N) is 2. The first kappa shape index (κ1) is 11.5. The van der Waals surface area contributed by atoms with Crippen molar-refractivity contribution in [2.45, 2.75) is 31.4 Å². The molecule has 2 heterocycles. The van der Waals surface area contributed by atoms with Crippen molar-refractivity contribution in [3.05, 3.63) is 29.8 Å². The summed E-state index contributed by atoms with van der Waals surface area (Å²) in [6, 6.07) is 8.10. The van der Waals surface area contributed by atoms with Crippen LogP contribution in [0.5, 0.6) is 5.75 Å². The largest absolute Gasteiger partial charge is 0.480 e. The normalized spacial score (nSPS) is 26.2. The van der Waals surface area contributed by atoms with Crippen LogP contribution in [-0.4, -0.2) is 31.1 Å². The van der Waals surface area contributed by atoms with Crippen LogP contribution in [0.25, 0.3) is 0 Å². The summed E-state index contributed by atoms with van der Waals surface area (Å²) in [7, 11) is 0. The van der Waals surface area contributed by atoms with Gasteiger partial charge in [0.05, 0.1) is 0 Å². The lowest BCUT2D eigenvalue weighted by Gasteiger charge is -2.25. The van der Waals surface area contributed by atoms with E-state index < -0.39 is 0 Å². The highest BCUT2D eigenvalue weighted by Gasteiger charge is 2.30. The number of carbonyl (C=O) groups excluding carboxylic acids is 1. The molecule has 1 aromatic rings. The predicted octanol–water partition coefficient (Wildman–Crippen LogP) is 0.858. The van der Waals surface area contributed by atoms with Crippen molar-refractivity contribution in [2.24, 2.45) is 0 Å². The van der Waals surface area contributed by atoms with Crippen molar-refractivity contribution < 1.29 is 9.53 Å². The van der Waals surface area contributed by atoms with E-state index in [1.165, 1.54) is 0 Å². The molecule has 0 aliphatic carbocycles. The predicted molar refractivity (Wildman–Crippen MR) is 68.6 cm³/mol. The highest BCUT2D eigenvalue weighted by Crippen LogP contribution is 2.28. The molecule has 1 saturated heterocycles. The van der Waals surface area contributed by atoms with E-state index in [0.717, 1.165) is 37.2 Å². The minimum Gasteiger partial charge on any atom is -0.480 e. The molecular formula is C14H18N2O2. The molecule has 2 aliphatic rings. The first-order valence-corrected chi connectivity index (χ1v) is 6.58. The molecule has 1 amide bonds. The van der Waals surface area contributed by atoms with E-state index in [4.69, 9.17) is 4.74 Å². The Balaban J connectivity index is 1.58. The van der Waals surface area contributed by atoms with E-state index in [-0.39, 0.29) is 18.1 Å². The number of para-hydroxylation sites is 1. The molecule has 4 heteroatoms. The number of ether oxygens (including phenoxy) is 1. The molecule has 2 atom stereocenters. The lowest BCUT2D eigenvalue weighted by molar-refractivity contribution is -0.128. The molecule has 1 fully saturated rings. The number of hydrogen-bond donors (Lipinski definition) is 2. The number of amides is 1. The van der Waals surface area contributed by atoms with Crippen LogP contribution in [0, 0.1) is 0 Å². The van der Waals surface area contributed by atoms with Gasteiger partial charge in [0.2, 0.25) is 0 Å². The van der Waals surface area contributed by atoms with Gasteiger partial charge in [0.1, 0.15) is 5.75 Å². The van der Waals surface area contributed by atoms with Crippen LogP contribution < -0.4 is 15.4 Å². The number of benzene rings is 1. The molecule has 0 bridgehead atoms. The summed E-state index contributed by atoms with van der Waals surface area (Å²) >= 11 is 0. The molecule has 3 rings (SSSR count). The van der Waals surface area contributed by atoms with E-state index in [1.54, 1.807) is 0 Å². The summed E-state index contributed by atoms with van der Waals surface area (Å²) in [4.78, 5) is 12.1. The van der Waals surface area contributed by atoms with Crippen LogP contribution in [0.2, 0.25) is 0 Å². The average molecular weight is 246 g/mol. The van der Waals surface area contributed by atoms with Gasteiger partial charge in [-0.1, -0.05) is 18.2 Å². The topological polar surface area (TPSA) is 50.4 Å². The van der Waals surface area contributed by atoms with E-state index in [0.29, 0.717) is 6.42 Å². The van der Waals surface area contributed by atoms with E-state index >= 15 is 0 Å². The maximum atomic E-state index is 12.1. The van der Waals surface area contributed by atoms with Gasteiger partial charge < -0.3 is 15.4 Å². The molecule has 1 aromatic carbocycles. The van der Waals surface area contributed by atoms with Gasteiger partial charge in [-0.15, -0.1) is 0 Å². The summed E-state index contributed by atoms with van der Waals surface area (Å²) in [6.07, 6.45) is 2.50. The third-order valence-electron chi connectivity index (χ3n) is 3.58. The number of fused-ring (bicyclic) bond motifs is 1. The smallest absolute Gasteiger partial charge is 0.261 e. The molecule has 0 radical (unpaired) electrons. The van der Waals surface area contributed by atoms with E-state index in [9.17, 15) is 4.79 Å². The second kappa shape index (κ2) is 4.98. The van der Waals surface area contributed by atoms with Crippen molar-refractivity contribution in [3.63, 3.8) is 0 Å². The molecule has 0 spiro atoms. The second-order valence-corrected chi connectivity index (χ2v) is 4.97. The Kier molecular flexibility index (Phi) is 3.19. The number of hydrogen-bond acceptors (Lipinski definition) is 3. The molecule has 18 heavy (non-hydrogen) atoms. The highest BCUT2D eigenvalue weighted by atomic mass is 16.5. The highest BCUT2D eigenvalue weighted by molar-refractivity contribution is 5.82. The lowest BCUT2D eigenvalue weighted by Crippen LogP contribution is -2.49. The minimum absolute atomic E-state index is 0.0138. The minimum atomic E-state index is -0.357. The van der Waals surface area contributed by atoms with Gasteiger partial charge in [-0.05, 0) is 31.0 Å². The standard InChI is InChI=1S/C14H18N2O2/c17-14(16-11-5-3-7-15-9-11)13-8-10-4-1-2-6-12(10)18-13/h1-2,4,6,11,13,15H,3,5,7-9H2,(H,16,17)/t11-,13?/m1/s1. The van der Waals surface area contributed by atoms with Gasteiger partial charge >= 0.3 is 0 Å². The fourth-order valence-electron chi connectivity index (χ4n) is 2.60. The summed E-state index contributed by atoms with van der Waals surface area (Å²) in [5, 5.41) is 6.36. The zero-order valence-electron chi connectivity index (χ0n) is 10.3. The number of rotatable bonds is 2. The van der Waals surface area contributed by atoms with Crippen molar-refractivity contribution in [2.75, 3.05) is 13.1 Å². The van der Waals surface area contributed by atoms with E-state index in [2.05, 4.69) is 10.6 Å². The first-order chi connectivity index (χ1) is 8.83. The van der Waals surface area contributed by atoms with Gasteiger partial charge in [0.25, 0.3) is 5.91 Å². The average Bonchev–Trinajstić information content (AvgIpc) is 2.84. The Morgan fingerprint density at radius 1 is 1.39 bits per heavy atom. The molecule has 4 nitrogen and oxygen atoms in total. The second-order valence-electron chi connectivity index (χ2n) is 4.97. The van der Waals surface area contributed by atoms with Crippen molar-refractivity contribution in [3.8, 4) is 5.75 Å². The van der Waals surface area contributed by atoms with E-state index in [1.807, 2.05) is 24.3 Å². The third-order valence-corrected chi connectivity index (χ3v) is 3.58. The van der Waals surface area contributed by atoms with Crippen LogP contribution in [0.4, 0.5) is 0 Å². The van der Waals surface area contributed by atoms with Gasteiger partial charge in [0, 0.05) is 19.0 Å². The zero-order valence-corrected chi connectivity index (χ0v) is 10.3. The monoisotopic (exact) mass is 246 g/mol. The number of carbonyl (C=O) groups is 1. The Labute approximate surface area is 107 Å². The van der Waals surface area contributed by atoms with Crippen molar-refractivity contribution in [1.29, 1.82) is 0 Å². The molecule has 0 saturated carbocycles. The Morgan fingerprint density at radius 3 is 3.06 bits per heavy atom. The van der Waals surface area contributed by atoms with Gasteiger partial charge in [-0.3, -0.25) is 4.79 Å². The SMILES string of the molecule is O=C(N[C@@H]1CCCNC1)C1Cc2ccccc2O1. The molecular weight excluding hydrogens is 228 g/mol. The Hall–Kier alpha value is -1.55. The molecule has 2 N–H and O–H groups in total. The summed E-state index contributed by atoms with van der Waals surface area (Å²) in [5.41, 5.74) is 1.12. The third kappa shape index (κ3) is 2.34. The summed E-state index contributed by atoms with van der Waals surface area (Å²) in [6.45, 7) is 1.92. The molecule has 0 aromatic heterocycles. The van der Waals surface area contributed by atoms with Gasteiger partial charge in [0.15, 0.2) is 6.10 Å². The number of piperidine rings is 1. The quantitative estimate of drug-likeness (QED) is 0.813. The van der Waals surface area contributed by atoms with Crippen molar-refractivity contribution >= 4 is 5.91 Å². The van der Waals surface area contributed by atoms with Crippen LogP contribution in [-0.2, 0) is 11.2 Å². The fraction of sp³-hybridized carbons (Fsp3) is 0.500. The Morgan fingerprint density at radius 2 is 2.28 bits per heavy atom. The van der Waals surface area contributed by atoms with Crippen LogP contribution in [0.1, 0.15) is 18.4 Å². The maximum absolute atomic E-state index is 12.1. The zero-order chi connectivity index (χ0) is 12.4. The fourth-order valence-corrected chi connectivity index (χ4v) is 2.60. The first-order valence-electron chi connectivity index (χ1n) is 6.58. The molecule has 2 aliphatic heterocycles. The van der Waals surface area contributed by atoms with Crippen LogP contribution in [0.15, 0.2) is 24.3 Å². The van der Waals surface area contributed by atoms with Gasteiger partial charge in [-0.25, -0.2) is 0 Å². The van der Waals surface area contributed by atoms with Crippen LogP contribution >= 0.6 is 0 Å². The van der Waals surface area contributed by atoms with Gasteiger partial charge in [-0.2, -0.15) is 0 Å². The molecule has 96 valence electrons. The summed E-state index contributed by atoms with van der Waals surface area (Å²) < 4.78 is 5.68. The van der Waals surface area contributed by atoms with Crippen molar-refractivity contribution in [1.82, 2.24) is 10.6 Å². The van der Waals surface area contributed by atoms with Crippen LogP contribution in [0.3, 0.4) is 0 Å². The maximum Gasteiger partial charge on any atom is 0.261 e. The lowest BCUT2D eigenvalue weighted by atomic mass is 10.1. The Bertz CT molecular complexity index is 416. The molecule has 1 unspecified atom stereocenters. The summed E-state index contributed by atoms with van der Waals surface area (Å²) in [5.74, 6) is 0.860.